The zero-order valence-electron chi connectivity index (χ0n) is 11.9. The number of alkyl halides is 1. The molecule has 1 aromatic carbocycles. The first kappa shape index (κ1) is 17.2. The molecule has 1 rings (SSSR count). The largest absolute Gasteiger partial charge is 0.347 e. The standard InChI is InChI=1S/C14H20BrNO3S/c1-4-14(2,8-9-15)16-13(17)11-6-5-7-12(10-11)20(3,18)19/h5-7,10H,4,8-9H2,1-3H3,(H,16,17). The molecule has 0 aliphatic rings. The Kier molecular flexibility index (Phi) is 5.77. The predicted octanol–water partition coefficient (Wildman–Crippen LogP) is 2.77. The smallest absolute Gasteiger partial charge is 0.251 e. The average molecular weight is 362 g/mol. The molecule has 0 saturated carbocycles. The van der Waals surface area contributed by atoms with Crippen LogP contribution in [0.2, 0.25) is 0 Å². The molecule has 0 bridgehead atoms. The summed E-state index contributed by atoms with van der Waals surface area (Å²) in [5, 5.41) is 3.77. The van der Waals surface area contributed by atoms with E-state index in [-0.39, 0.29) is 16.3 Å². The highest BCUT2D eigenvalue weighted by atomic mass is 79.9. The number of hydrogen-bond acceptors (Lipinski definition) is 3. The molecule has 1 atom stereocenters. The maximum Gasteiger partial charge on any atom is 0.251 e. The lowest BCUT2D eigenvalue weighted by Gasteiger charge is -2.29. The number of carbonyl (C=O) groups excluding carboxylic acids is 1. The molecule has 0 aliphatic heterocycles. The molecule has 0 fully saturated rings. The first-order valence-electron chi connectivity index (χ1n) is 6.40. The molecule has 6 heteroatoms. The Morgan fingerprint density at radius 3 is 2.55 bits per heavy atom. The zero-order valence-corrected chi connectivity index (χ0v) is 14.3. The van der Waals surface area contributed by atoms with Gasteiger partial charge in [0.15, 0.2) is 9.84 Å². The van der Waals surface area contributed by atoms with Crippen LogP contribution >= 0.6 is 15.9 Å². The van der Waals surface area contributed by atoms with Crippen LogP contribution in [0.3, 0.4) is 0 Å². The molecule has 1 amide bonds. The van der Waals surface area contributed by atoms with Crippen LogP contribution in [-0.4, -0.2) is 31.4 Å². The van der Waals surface area contributed by atoms with Crippen molar-refractivity contribution in [1.82, 2.24) is 5.32 Å². The molecule has 112 valence electrons. The summed E-state index contributed by atoms with van der Waals surface area (Å²) < 4.78 is 23.0. The van der Waals surface area contributed by atoms with Gasteiger partial charge in [0.1, 0.15) is 0 Å². The maximum atomic E-state index is 12.3. The molecule has 1 unspecified atom stereocenters. The molecule has 1 aromatic rings. The van der Waals surface area contributed by atoms with Crippen molar-refractivity contribution < 1.29 is 13.2 Å². The Balaban J connectivity index is 2.99. The van der Waals surface area contributed by atoms with Crippen molar-refractivity contribution in [1.29, 1.82) is 0 Å². The minimum Gasteiger partial charge on any atom is -0.347 e. The number of amides is 1. The van der Waals surface area contributed by atoms with E-state index in [0.717, 1.165) is 24.4 Å². The summed E-state index contributed by atoms with van der Waals surface area (Å²) in [7, 11) is -3.31. The summed E-state index contributed by atoms with van der Waals surface area (Å²) in [6, 6.07) is 6.10. The van der Waals surface area contributed by atoms with Gasteiger partial charge in [0.25, 0.3) is 5.91 Å². The van der Waals surface area contributed by atoms with E-state index in [1.54, 1.807) is 12.1 Å². The topological polar surface area (TPSA) is 63.2 Å². The van der Waals surface area contributed by atoms with E-state index < -0.39 is 9.84 Å². The number of benzene rings is 1. The highest BCUT2D eigenvalue weighted by Crippen LogP contribution is 2.18. The summed E-state index contributed by atoms with van der Waals surface area (Å²) >= 11 is 3.38. The Morgan fingerprint density at radius 1 is 1.40 bits per heavy atom. The molecule has 20 heavy (non-hydrogen) atoms. The molecule has 0 spiro atoms. The molecular weight excluding hydrogens is 342 g/mol. The van der Waals surface area contributed by atoms with Crippen LogP contribution in [0.5, 0.6) is 0 Å². The summed E-state index contributed by atoms with van der Waals surface area (Å²) in [4.78, 5) is 12.4. The second-order valence-corrected chi connectivity index (χ2v) is 7.92. The first-order valence-corrected chi connectivity index (χ1v) is 9.42. The van der Waals surface area contributed by atoms with Gasteiger partial charge in [0.2, 0.25) is 0 Å². The predicted molar refractivity (Wildman–Crippen MR) is 84.1 cm³/mol. The van der Waals surface area contributed by atoms with Gasteiger partial charge >= 0.3 is 0 Å². The summed E-state index contributed by atoms with van der Waals surface area (Å²) in [5.74, 6) is -0.249. The van der Waals surface area contributed by atoms with Crippen molar-refractivity contribution in [3.63, 3.8) is 0 Å². The van der Waals surface area contributed by atoms with Crippen molar-refractivity contribution >= 4 is 31.7 Å². The van der Waals surface area contributed by atoms with E-state index >= 15 is 0 Å². The SMILES string of the molecule is CCC(C)(CCBr)NC(=O)c1cccc(S(C)(=O)=O)c1. The van der Waals surface area contributed by atoms with Crippen molar-refractivity contribution in [3.05, 3.63) is 29.8 Å². The lowest BCUT2D eigenvalue weighted by Crippen LogP contribution is -2.45. The van der Waals surface area contributed by atoms with Crippen LogP contribution in [0.1, 0.15) is 37.0 Å². The third-order valence-electron chi connectivity index (χ3n) is 3.37. The van der Waals surface area contributed by atoms with Gasteiger partial charge in [0, 0.05) is 22.7 Å². The van der Waals surface area contributed by atoms with Crippen LogP contribution in [0.15, 0.2) is 29.2 Å². The third-order valence-corrected chi connectivity index (χ3v) is 4.87. The summed E-state index contributed by atoms with van der Waals surface area (Å²) in [6.45, 7) is 3.99. The van der Waals surface area contributed by atoms with Crippen molar-refractivity contribution in [3.8, 4) is 0 Å². The number of nitrogens with one attached hydrogen (secondary N) is 1. The van der Waals surface area contributed by atoms with Crippen molar-refractivity contribution in [2.24, 2.45) is 0 Å². The number of carbonyl (C=O) groups is 1. The summed E-state index contributed by atoms with van der Waals surface area (Å²) in [5.41, 5.74) is 0.0592. The molecule has 4 nitrogen and oxygen atoms in total. The van der Waals surface area contributed by atoms with Crippen molar-refractivity contribution in [2.75, 3.05) is 11.6 Å². The van der Waals surface area contributed by atoms with E-state index in [1.807, 2.05) is 13.8 Å². The second-order valence-electron chi connectivity index (χ2n) is 5.11. The van der Waals surface area contributed by atoms with Gasteiger partial charge < -0.3 is 5.32 Å². The monoisotopic (exact) mass is 361 g/mol. The van der Waals surface area contributed by atoms with E-state index in [4.69, 9.17) is 0 Å². The summed E-state index contributed by atoms with van der Waals surface area (Å²) in [6.07, 6.45) is 2.74. The highest BCUT2D eigenvalue weighted by molar-refractivity contribution is 9.09. The van der Waals surface area contributed by atoms with Crippen LogP contribution in [0.25, 0.3) is 0 Å². The Morgan fingerprint density at radius 2 is 2.05 bits per heavy atom. The van der Waals surface area contributed by atoms with E-state index in [2.05, 4.69) is 21.2 Å². The van der Waals surface area contributed by atoms with Crippen LogP contribution < -0.4 is 5.32 Å². The van der Waals surface area contributed by atoms with Gasteiger partial charge in [0.05, 0.1) is 4.90 Å². The van der Waals surface area contributed by atoms with Gasteiger partial charge in [-0.1, -0.05) is 28.9 Å². The minimum atomic E-state index is -3.31. The van der Waals surface area contributed by atoms with Gasteiger partial charge in [-0.05, 0) is 38.0 Å². The minimum absolute atomic E-state index is 0.156. The molecule has 0 radical (unpaired) electrons. The van der Waals surface area contributed by atoms with Gasteiger partial charge in [-0.15, -0.1) is 0 Å². The maximum absolute atomic E-state index is 12.3. The van der Waals surface area contributed by atoms with E-state index in [1.165, 1.54) is 12.1 Å². The molecule has 0 aromatic heterocycles. The van der Waals surface area contributed by atoms with Gasteiger partial charge in [-0.25, -0.2) is 8.42 Å². The fraction of sp³-hybridized carbons (Fsp3) is 0.500. The second kappa shape index (κ2) is 6.72. The Bertz CT molecular complexity index is 586. The van der Waals surface area contributed by atoms with Gasteiger partial charge in [-0.3, -0.25) is 4.79 Å². The Hall–Kier alpha value is -0.880. The molecule has 0 saturated heterocycles. The van der Waals surface area contributed by atoms with Crippen molar-refractivity contribution in [2.45, 2.75) is 37.1 Å². The quantitative estimate of drug-likeness (QED) is 0.792. The fourth-order valence-electron chi connectivity index (χ4n) is 1.75. The van der Waals surface area contributed by atoms with E-state index in [9.17, 15) is 13.2 Å². The fourth-order valence-corrected chi connectivity index (χ4v) is 3.29. The number of hydrogen-bond donors (Lipinski definition) is 1. The average Bonchev–Trinajstić information content (AvgIpc) is 2.38. The van der Waals surface area contributed by atoms with Crippen LogP contribution in [-0.2, 0) is 9.84 Å². The van der Waals surface area contributed by atoms with E-state index in [0.29, 0.717) is 5.56 Å². The molecular formula is C14H20BrNO3S. The lowest BCUT2D eigenvalue weighted by atomic mass is 9.95. The normalized spacial score (nSPS) is 14.6. The van der Waals surface area contributed by atoms with Gasteiger partial charge in [-0.2, -0.15) is 0 Å². The third kappa shape index (κ3) is 4.59. The molecule has 1 N–H and O–H groups in total. The Labute approximate surface area is 129 Å². The van der Waals surface area contributed by atoms with Crippen LogP contribution in [0, 0.1) is 0 Å². The molecule has 0 aliphatic carbocycles. The number of sulfone groups is 1. The van der Waals surface area contributed by atoms with Crippen LogP contribution in [0.4, 0.5) is 0 Å². The number of halogens is 1. The lowest BCUT2D eigenvalue weighted by molar-refractivity contribution is 0.0901. The highest BCUT2D eigenvalue weighted by Gasteiger charge is 2.24. The number of rotatable bonds is 6. The molecule has 0 heterocycles. The first-order chi connectivity index (χ1) is 9.22. The zero-order chi connectivity index (χ0) is 15.4.